The van der Waals surface area contributed by atoms with E-state index in [2.05, 4.69) is 5.32 Å². The third-order valence-corrected chi connectivity index (χ3v) is 3.63. The second kappa shape index (κ2) is 7.15. The van der Waals surface area contributed by atoms with E-state index in [4.69, 9.17) is 9.84 Å². The Morgan fingerprint density at radius 2 is 1.90 bits per heavy atom. The van der Waals surface area contributed by atoms with Crippen LogP contribution >= 0.6 is 0 Å². The second-order valence-electron chi connectivity index (χ2n) is 5.11. The molecule has 0 radical (unpaired) electrons. The summed E-state index contributed by atoms with van der Waals surface area (Å²) in [6.45, 7) is 3.67. The van der Waals surface area contributed by atoms with Crippen LogP contribution in [0.25, 0.3) is 0 Å². The van der Waals surface area contributed by atoms with Crippen molar-refractivity contribution in [1.82, 2.24) is 10.2 Å². The Morgan fingerprint density at radius 3 is 2.43 bits per heavy atom. The van der Waals surface area contributed by atoms with Crippen molar-refractivity contribution < 1.29 is 18.6 Å². The normalized spacial score (nSPS) is 18.5. The number of hydrogen-bond donors (Lipinski definition) is 2. The average Bonchev–Trinajstić information content (AvgIpc) is 2.50. The summed E-state index contributed by atoms with van der Waals surface area (Å²) in [5, 5.41) is 12.2. The molecule has 0 saturated carbocycles. The lowest BCUT2D eigenvalue weighted by Crippen LogP contribution is -2.51. The summed E-state index contributed by atoms with van der Waals surface area (Å²) in [4.78, 5) is 1.72. The van der Waals surface area contributed by atoms with E-state index in [1.54, 1.807) is 29.2 Å². The number of aliphatic hydroxyl groups excluding tert-OH is 1. The van der Waals surface area contributed by atoms with E-state index in [-0.39, 0.29) is 0 Å². The molecule has 0 aliphatic carbocycles. The molecule has 0 amide bonds. The van der Waals surface area contributed by atoms with Gasteiger partial charge >= 0.3 is 0 Å². The molecule has 0 unspecified atom stereocenters. The van der Waals surface area contributed by atoms with Crippen LogP contribution in [0.5, 0.6) is 5.75 Å². The van der Waals surface area contributed by atoms with E-state index in [9.17, 15) is 8.78 Å². The van der Waals surface area contributed by atoms with Crippen LogP contribution in [0.3, 0.4) is 0 Å². The van der Waals surface area contributed by atoms with Gasteiger partial charge in [0.2, 0.25) is 0 Å². The Balaban J connectivity index is 2.25. The number of nitrogens with zero attached hydrogens (tertiary/aromatic N) is 1. The summed E-state index contributed by atoms with van der Waals surface area (Å²) in [6.07, 6.45) is 0. The van der Waals surface area contributed by atoms with Gasteiger partial charge in [0.1, 0.15) is 18.4 Å². The molecule has 1 aromatic rings. The van der Waals surface area contributed by atoms with Crippen LogP contribution in [0, 0.1) is 0 Å². The highest BCUT2D eigenvalue weighted by Gasteiger charge is 2.43. The minimum absolute atomic E-state index is 0.499. The Hall–Kier alpha value is -1.24. The molecule has 2 N–H and O–H groups in total. The topological polar surface area (TPSA) is 44.7 Å². The molecule has 2 rings (SSSR count). The number of nitrogens with one attached hydrogen (secondary N) is 1. The van der Waals surface area contributed by atoms with Crippen LogP contribution in [-0.4, -0.2) is 55.3 Å². The van der Waals surface area contributed by atoms with E-state index in [1.807, 2.05) is 6.92 Å². The molecular weight excluding hydrogens is 278 g/mol. The van der Waals surface area contributed by atoms with Gasteiger partial charge in [0.25, 0.3) is 5.92 Å². The fourth-order valence-corrected chi connectivity index (χ4v) is 2.66. The highest BCUT2D eigenvalue weighted by atomic mass is 19.3. The highest BCUT2D eigenvalue weighted by molar-refractivity contribution is 5.30. The molecule has 1 atom stereocenters. The number of aliphatic hydroxyl groups is 1. The van der Waals surface area contributed by atoms with Gasteiger partial charge in [0.05, 0.1) is 6.61 Å². The average molecular weight is 300 g/mol. The second-order valence-corrected chi connectivity index (χ2v) is 5.11. The Labute approximate surface area is 123 Å². The molecule has 21 heavy (non-hydrogen) atoms. The Kier molecular flexibility index (Phi) is 5.50. The van der Waals surface area contributed by atoms with Crippen molar-refractivity contribution in [3.8, 4) is 5.75 Å². The third-order valence-electron chi connectivity index (χ3n) is 3.63. The lowest BCUT2D eigenvalue weighted by atomic mass is 9.98. The van der Waals surface area contributed by atoms with Crippen molar-refractivity contribution in [3.05, 3.63) is 29.8 Å². The van der Waals surface area contributed by atoms with Gasteiger partial charge < -0.3 is 15.2 Å². The fourth-order valence-electron chi connectivity index (χ4n) is 2.66. The van der Waals surface area contributed by atoms with E-state index in [1.165, 1.54) is 0 Å². The maximum absolute atomic E-state index is 14.2. The molecule has 1 heterocycles. The first-order valence-corrected chi connectivity index (χ1v) is 7.24. The summed E-state index contributed by atoms with van der Waals surface area (Å²) in [5.41, 5.74) is 0.499. The maximum Gasteiger partial charge on any atom is 0.289 e. The van der Waals surface area contributed by atoms with E-state index >= 15 is 0 Å². The first-order chi connectivity index (χ1) is 10.1. The SMILES string of the molecule is CCOc1ccc([C@H](N2CCNCC2)C(F)(F)CO)cc1. The number of halogens is 2. The van der Waals surface area contributed by atoms with Crippen LogP contribution in [0.1, 0.15) is 18.5 Å². The number of rotatable bonds is 6. The largest absolute Gasteiger partial charge is 0.494 e. The smallest absolute Gasteiger partial charge is 0.289 e. The van der Waals surface area contributed by atoms with Crippen LogP contribution in [0.4, 0.5) is 8.78 Å². The molecule has 4 nitrogen and oxygen atoms in total. The van der Waals surface area contributed by atoms with Crippen molar-refractivity contribution in [2.45, 2.75) is 18.9 Å². The van der Waals surface area contributed by atoms with Crippen molar-refractivity contribution in [2.24, 2.45) is 0 Å². The summed E-state index contributed by atoms with van der Waals surface area (Å²) >= 11 is 0. The summed E-state index contributed by atoms with van der Waals surface area (Å²) in [7, 11) is 0. The lowest BCUT2D eigenvalue weighted by Gasteiger charge is -2.38. The predicted octanol–water partition coefficient (Wildman–Crippen LogP) is 1.66. The molecule has 1 aliphatic heterocycles. The van der Waals surface area contributed by atoms with Gasteiger partial charge in [-0.25, -0.2) is 8.78 Å². The molecule has 6 heteroatoms. The molecule has 1 aromatic carbocycles. The Bertz CT molecular complexity index is 434. The first-order valence-electron chi connectivity index (χ1n) is 7.24. The minimum atomic E-state index is -3.18. The summed E-state index contributed by atoms with van der Waals surface area (Å²) in [6, 6.07) is 5.59. The van der Waals surface area contributed by atoms with Crippen LogP contribution < -0.4 is 10.1 Å². The van der Waals surface area contributed by atoms with Crippen LogP contribution in [-0.2, 0) is 0 Å². The zero-order valence-corrected chi connectivity index (χ0v) is 12.2. The van der Waals surface area contributed by atoms with Crippen molar-refractivity contribution in [3.63, 3.8) is 0 Å². The number of hydrogen-bond acceptors (Lipinski definition) is 4. The lowest BCUT2D eigenvalue weighted by molar-refractivity contribution is -0.118. The van der Waals surface area contributed by atoms with Gasteiger partial charge in [-0.05, 0) is 24.6 Å². The van der Waals surface area contributed by atoms with E-state index in [0.29, 0.717) is 44.1 Å². The monoisotopic (exact) mass is 300 g/mol. The van der Waals surface area contributed by atoms with Crippen molar-refractivity contribution >= 4 is 0 Å². The van der Waals surface area contributed by atoms with E-state index in [0.717, 1.165) is 0 Å². The summed E-state index contributed by atoms with van der Waals surface area (Å²) in [5.74, 6) is -2.52. The highest BCUT2D eigenvalue weighted by Crippen LogP contribution is 2.37. The summed E-state index contributed by atoms with van der Waals surface area (Å²) < 4.78 is 33.7. The molecule has 1 fully saturated rings. The first kappa shape index (κ1) is 16.1. The van der Waals surface area contributed by atoms with Crippen LogP contribution in [0.15, 0.2) is 24.3 Å². The van der Waals surface area contributed by atoms with E-state index < -0.39 is 18.6 Å². The molecule has 0 bridgehead atoms. The molecule has 0 spiro atoms. The van der Waals surface area contributed by atoms with Gasteiger partial charge in [-0.15, -0.1) is 0 Å². The van der Waals surface area contributed by atoms with Gasteiger partial charge in [-0.3, -0.25) is 4.90 Å². The minimum Gasteiger partial charge on any atom is -0.494 e. The van der Waals surface area contributed by atoms with Gasteiger partial charge in [-0.2, -0.15) is 0 Å². The number of benzene rings is 1. The number of ether oxygens (including phenoxy) is 1. The number of piperazine rings is 1. The maximum atomic E-state index is 14.2. The van der Waals surface area contributed by atoms with Crippen LogP contribution in [0.2, 0.25) is 0 Å². The molecular formula is C15H22F2N2O2. The fraction of sp³-hybridized carbons (Fsp3) is 0.600. The quantitative estimate of drug-likeness (QED) is 0.839. The zero-order valence-electron chi connectivity index (χ0n) is 12.2. The van der Waals surface area contributed by atoms with Gasteiger partial charge in [0, 0.05) is 26.2 Å². The van der Waals surface area contributed by atoms with Gasteiger partial charge in [0.15, 0.2) is 0 Å². The standard InChI is InChI=1S/C15H22F2N2O2/c1-2-21-13-5-3-12(4-6-13)14(15(16,17)11-20)19-9-7-18-8-10-19/h3-6,14,18,20H,2,7-11H2,1H3/t14-/m0/s1. The Morgan fingerprint density at radius 1 is 1.29 bits per heavy atom. The van der Waals surface area contributed by atoms with Crippen molar-refractivity contribution in [1.29, 1.82) is 0 Å². The molecule has 1 saturated heterocycles. The van der Waals surface area contributed by atoms with Gasteiger partial charge in [-0.1, -0.05) is 12.1 Å². The molecule has 0 aromatic heterocycles. The zero-order chi connectivity index (χ0) is 15.3. The molecule has 1 aliphatic rings. The predicted molar refractivity (Wildman–Crippen MR) is 76.8 cm³/mol. The van der Waals surface area contributed by atoms with Crippen molar-refractivity contribution in [2.75, 3.05) is 39.4 Å². The molecule has 118 valence electrons. The number of alkyl halides is 2. The third kappa shape index (κ3) is 3.90.